The Balaban J connectivity index is 2.67. The van der Waals surface area contributed by atoms with E-state index in [4.69, 9.17) is 9.47 Å². The molecule has 0 aromatic carbocycles. The molecular weight excluding hydrogens is 144 g/mol. The van der Waals surface area contributed by atoms with Gasteiger partial charge in [0.1, 0.15) is 12.6 Å². The molecular formula is C8H14O3. The first-order valence-electron chi connectivity index (χ1n) is 3.76. The van der Waals surface area contributed by atoms with Crippen molar-refractivity contribution < 1.29 is 14.3 Å². The molecule has 3 heteroatoms. The predicted molar refractivity (Wildman–Crippen MR) is 40.2 cm³/mol. The highest BCUT2D eigenvalue weighted by molar-refractivity contribution is 5.79. The Bertz CT molecular complexity index is 163. The summed E-state index contributed by atoms with van der Waals surface area (Å²) < 4.78 is 10.3. The van der Waals surface area contributed by atoms with E-state index in [0.29, 0.717) is 13.4 Å². The van der Waals surface area contributed by atoms with Crippen molar-refractivity contribution in [2.24, 2.45) is 5.92 Å². The second kappa shape index (κ2) is 2.91. The van der Waals surface area contributed by atoms with Gasteiger partial charge in [0.05, 0.1) is 18.1 Å². The largest absolute Gasteiger partial charge is 0.355 e. The molecule has 0 aromatic heterocycles. The third-order valence-corrected chi connectivity index (χ3v) is 2.13. The third-order valence-electron chi connectivity index (χ3n) is 2.13. The molecule has 1 fully saturated rings. The number of hydrogen-bond donors (Lipinski definition) is 0. The lowest BCUT2D eigenvalue weighted by atomic mass is 9.88. The fraction of sp³-hybridized carbons (Fsp3) is 0.875. The van der Waals surface area contributed by atoms with Crippen LogP contribution in [0.2, 0.25) is 0 Å². The van der Waals surface area contributed by atoms with Crippen molar-refractivity contribution in [2.45, 2.75) is 26.4 Å². The van der Waals surface area contributed by atoms with Crippen LogP contribution in [0.1, 0.15) is 20.8 Å². The lowest BCUT2D eigenvalue weighted by Gasteiger charge is -2.36. The number of hydrogen-bond acceptors (Lipinski definition) is 3. The highest BCUT2D eigenvalue weighted by Gasteiger charge is 2.36. The van der Waals surface area contributed by atoms with Gasteiger partial charge in [-0.05, 0) is 20.8 Å². The molecule has 0 aliphatic carbocycles. The van der Waals surface area contributed by atoms with Crippen LogP contribution in [-0.4, -0.2) is 24.8 Å². The SMILES string of the molecule is CC(=O)C1COCOC1(C)C. The molecule has 1 unspecified atom stereocenters. The highest BCUT2D eigenvalue weighted by atomic mass is 16.7. The summed E-state index contributed by atoms with van der Waals surface area (Å²) in [6.07, 6.45) is 0. The lowest BCUT2D eigenvalue weighted by molar-refractivity contribution is -0.209. The van der Waals surface area contributed by atoms with Crippen LogP contribution in [-0.2, 0) is 14.3 Å². The van der Waals surface area contributed by atoms with Gasteiger partial charge in [0.2, 0.25) is 0 Å². The maximum atomic E-state index is 11.1. The van der Waals surface area contributed by atoms with Crippen molar-refractivity contribution >= 4 is 5.78 Å². The second-order valence-corrected chi connectivity index (χ2v) is 3.40. The minimum absolute atomic E-state index is 0.115. The molecule has 64 valence electrons. The topological polar surface area (TPSA) is 35.5 Å². The molecule has 3 nitrogen and oxygen atoms in total. The minimum atomic E-state index is -0.357. The summed E-state index contributed by atoms with van der Waals surface area (Å²) in [4.78, 5) is 11.1. The molecule has 0 radical (unpaired) electrons. The first kappa shape index (κ1) is 8.68. The van der Waals surface area contributed by atoms with Crippen LogP contribution in [0.4, 0.5) is 0 Å². The Labute approximate surface area is 66.7 Å². The summed E-state index contributed by atoms with van der Waals surface area (Å²) in [5.41, 5.74) is -0.357. The Kier molecular flexibility index (Phi) is 2.30. The average molecular weight is 158 g/mol. The maximum absolute atomic E-state index is 11.1. The average Bonchev–Trinajstić information content (AvgIpc) is 1.85. The summed E-state index contributed by atoms with van der Waals surface area (Å²) in [6.45, 7) is 6.20. The first-order chi connectivity index (χ1) is 5.04. The second-order valence-electron chi connectivity index (χ2n) is 3.40. The Morgan fingerprint density at radius 1 is 1.55 bits per heavy atom. The van der Waals surface area contributed by atoms with Gasteiger partial charge in [-0.15, -0.1) is 0 Å². The van der Waals surface area contributed by atoms with Crippen molar-refractivity contribution in [3.8, 4) is 0 Å². The van der Waals surface area contributed by atoms with E-state index in [1.807, 2.05) is 13.8 Å². The number of ketones is 1. The fourth-order valence-electron chi connectivity index (χ4n) is 1.27. The molecule has 1 saturated heterocycles. The summed E-state index contributed by atoms with van der Waals surface area (Å²) in [6, 6.07) is 0. The van der Waals surface area contributed by atoms with Crippen LogP contribution >= 0.6 is 0 Å². The van der Waals surface area contributed by atoms with E-state index in [2.05, 4.69) is 0 Å². The Morgan fingerprint density at radius 2 is 2.18 bits per heavy atom. The molecule has 1 atom stereocenters. The quantitative estimate of drug-likeness (QED) is 0.570. The van der Waals surface area contributed by atoms with E-state index < -0.39 is 0 Å². The van der Waals surface area contributed by atoms with Crippen LogP contribution in [0.3, 0.4) is 0 Å². The van der Waals surface area contributed by atoms with Crippen LogP contribution in [0.15, 0.2) is 0 Å². The molecule has 1 aliphatic rings. The number of Topliss-reactive ketones (excluding diaryl/α,β-unsaturated/α-hetero) is 1. The van der Waals surface area contributed by atoms with Crippen LogP contribution in [0, 0.1) is 5.92 Å². The molecule has 0 saturated carbocycles. The van der Waals surface area contributed by atoms with Gasteiger partial charge < -0.3 is 9.47 Å². The normalized spacial score (nSPS) is 29.9. The van der Waals surface area contributed by atoms with Crippen LogP contribution in [0.5, 0.6) is 0 Å². The first-order valence-corrected chi connectivity index (χ1v) is 3.76. The van der Waals surface area contributed by atoms with Gasteiger partial charge >= 0.3 is 0 Å². The number of ether oxygens (including phenoxy) is 2. The molecule has 0 aromatic rings. The molecule has 0 N–H and O–H groups in total. The summed E-state index contributed by atoms with van der Waals surface area (Å²) >= 11 is 0. The zero-order valence-corrected chi connectivity index (χ0v) is 7.22. The van der Waals surface area contributed by atoms with Crippen molar-refractivity contribution in [2.75, 3.05) is 13.4 Å². The summed E-state index contributed by atoms with van der Waals surface area (Å²) in [5, 5.41) is 0. The summed E-state index contributed by atoms with van der Waals surface area (Å²) in [5.74, 6) is 0.0194. The number of rotatable bonds is 1. The highest BCUT2D eigenvalue weighted by Crippen LogP contribution is 2.26. The van der Waals surface area contributed by atoms with Gasteiger partial charge in [-0.2, -0.15) is 0 Å². The van der Waals surface area contributed by atoms with Crippen molar-refractivity contribution in [1.29, 1.82) is 0 Å². The van der Waals surface area contributed by atoms with E-state index in [0.717, 1.165) is 0 Å². The van der Waals surface area contributed by atoms with Gasteiger partial charge in [-0.25, -0.2) is 0 Å². The molecule has 0 bridgehead atoms. The van der Waals surface area contributed by atoms with Crippen LogP contribution in [0.25, 0.3) is 0 Å². The molecule has 1 aliphatic heterocycles. The van der Waals surface area contributed by atoms with Gasteiger partial charge in [0.25, 0.3) is 0 Å². The van der Waals surface area contributed by atoms with E-state index in [1.165, 1.54) is 0 Å². The summed E-state index contributed by atoms with van der Waals surface area (Å²) in [7, 11) is 0. The standard InChI is InChI=1S/C8H14O3/c1-6(9)7-4-10-5-11-8(7,2)3/h7H,4-5H2,1-3H3. The smallest absolute Gasteiger partial charge is 0.147 e. The van der Waals surface area contributed by atoms with Crippen molar-refractivity contribution in [1.82, 2.24) is 0 Å². The van der Waals surface area contributed by atoms with Gasteiger partial charge in [-0.1, -0.05) is 0 Å². The van der Waals surface area contributed by atoms with Gasteiger partial charge in [0, 0.05) is 0 Å². The molecule has 0 spiro atoms. The Morgan fingerprint density at radius 3 is 2.55 bits per heavy atom. The Hall–Kier alpha value is -0.410. The molecule has 1 heterocycles. The number of carbonyl (C=O) groups excluding carboxylic acids is 1. The van der Waals surface area contributed by atoms with E-state index in [9.17, 15) is 4.79 Å². The van der Waals surface area contributed by atoms with Crippen LogP contribution < -0.4 is 0 Å². The molecule has 0 amide bonds. The van der Waals surface area contributed by atoms with Gasteiger partial charge in [-0.3, -0.25) is 4.79 Å². The monoisotopic (exact) mass is 158 g/mol. The van der Waals surface area contributed by atoms with Crippen molar-refractivity contribution in [3.63, 3.8) is 0 Å². The van der Waals surface area contributed by atoms with Crippen molar-refractivity contribution in [3.05, 3.63) is 0 Å². The van der Waals surface area contributed by atoms with E-state index in [-0.39, 0.29) is 17.3 Å². The zero-order valence-electron chi connectivity index (χ0n) is 7.22. The fourth-order valence-corrected chi connectivity index (χ4v) is 1.27. The predicted octanol–water partition coefficient (Wildman–Crippen LogP) is 0.974. The molecule has 11 heavy (non-hydrogen) atoms. The maximum Gasteiger partial charge on any atom is 0.147 e. The molecule has 1 rings (SSSR count). The van der Waals surface area contributed by atoms with E-state index in [1.54, 1.807) is 6.92 Å². The lowest BCUT2D eigenvalue weighted by Crippen LogP contribution is -2.45. The number of carbonyl (C=O) groups is 1. The minimum Gasteiger partial charge on any atom is -0.355 e. The van der Waals surface area contributed by atoms with Gasteiger partial charge in [0.15, 0.2) is 0 Å². The zero-order chi connectivity index (χ0) is 8.48. The van der Waals surface area contributed by atoms with E-state index >= 15 is 0 Å². The third kappa shape index (κ3) is 1.79.